The van der Waals surface area contributed by atoms with Gasteiger partial charge in [0.05, 0.1) is 17.9 Å². The van der Waals surface area contributed by atoms with Crippen molar-refractivity contribution in [3.8, 4) is 23.0 Å². The molecule has 0 aliphatic carbocycles. The summed E-state index contributed by atoms with van der Waals surface area (Å²) in [5.74, 6) is -1.80. The van der Waals surface area contributed by atoms with E-state index < -0.39 is 58.9 Å². The second-order valence-corrected chi connectivity index (χ2v) is 6.93. The molecule has 2 aromatic heterocycles. The minimum atomic E-state index is -1.74. The summed E-state index contributed by atoms with van der Waals surface area (Å²) in [5, 5.41) is 49.6. The van der Waals surface area contributed by atoms with Gasteiger partial charge in [0.25, 0.3) is 0 Å². The number of aliphatic hydroxyl groups excluding tert-OH is 3. The summed E-state index contributed by atoms with van der Waals surface area (Å²) in [7, 11) is 1.23. The van der Waals surface area contributed by atoms with E-state index >= 15 is 0 Å². The highest BCUT2D eigenvalue weighted by atomic mass is 16.8. The second kappa shape index (κ2) is 6.46. The largest absolute Gasteiger partial charge is 0.504 e. The summed E-state index contributed by atoms with van der Waals surface area (Å²) in [6, 6.07) is 2.15. The molecule has 0 amide bonds. The molecule has 12 heteroatoms. The Morgan fingerprint density at radius 3 is 2.13 bits per heavy atom. The molecule has 1 saturated heterocycles. The van der Waals surface area contributed by atoms with Crippen molar-refractivity contribution in [2.75, 3.05) is 7.11 Å². The average Bonchev–Trinajstić information content (AvgIpc) is 2.96. The Balaban J connectivity index is 1.83. The summed E-state index contributed by atoms with van der Waals surface area (Å²) in [6.45, 7) is 0. The van der Waals surface area contributed by atoms with Gasteiger partial charge in [0.15, 0.2) is 29.0 Å². The molecule has 0 unspecified atom stereocenters. The van der Waals surface area contributed by atoms with Crippen LogP contribution >= 0.6 is 0 Å². The Kier molecular flexibility index (Phi) is 4.04. The van der Waals surface area contributed by atoms with E-state index in [1.54, 1.807) is 0 Å². The van der Waals surface area contributed by atoms with Crippen molar-refractivity contribution in [1.82, 2.24) is 0 Å². The maximum Gasteiger partial charge on any atom is 0.344 e. The van der Waals surface area contributed by atoms with Gasteiger partial charge in [0, 0.05) is 10.8 Å². The highest BCUT2D eigenvalue weighted by Crippen LogP contribution is 2.45. The predicted molar refractivity (Wildman–Crippen MR) is 101 cm³/mol. The van der Waals surface area contributed by atoms with Gasteiger partial charge in [0.1, 0.15) is 12.2 Å². The minimum Gasteiger partial charge on any atom is -0.504 e. The van der Waals surface area contributed by atoms with Crippen molar-refractivity contribution in [2.24, 2.45) is 0 Å². The quantitative estimate of drug-likeness (QED) is 0.209. The van der Waals surface area contributed by atoms with Crippen LogP contribution in [0.15, 0.2) is 30.6 Å². The Morgan fingerprint density at radius 1 is 0.903 bits per heavy atom. The third-order valence-corrected chi connectivity index (χ3v) is 5.16. The highest BCUT2D eigenvalue weighted by molar-refractivity contribution is 6.22. The topological polar surface area (TPSA) is 189 Å². The Bertz CT molecular complexity index is 1450. The standard InChI is InChI=1S/C19H14O12/c1-27-13-6(20)2-4-9-8-5(17(25)30-15(9)13)3-7(10(21)14(8)29-16(4)24)28-19-12(23)11(22)18(26)31-19/h2-3,11-12,18-23,26H,1H3/t11-,12-,18-,19+/m1/s1. The molecule has 5 rings (SSSR count). The van der Waals surface area contributed by atoms with E-state index in [2.05, 4.69) is 0 Å². The monoisotopic (exact) mass is 434 g/mol. The first-order valence-electron chi connectivity index (χ1n) is 8.87. The molecule has 1 fully saturated rings. The van der Waals surface area contributed by atoms with Crippen LogP contribution in [0.1, 0.15) is 0 Å². The summed E-state index contributed by atoms with van der Waals surface area (Å²) < 4.78 is 25.7. The number of ether oxygens (including phenoxy) is 3. The highest BCUT2D eigenvalue weighted by Gasteiger charge is 2.44. The maximum absolute atomic E-state index is 12.7. The van der Waals surface area contributed by atoms with Crippen molar-refractivity contribution < 1.29 is 48.6 Å². The molecule has 3 heterocycles. The van der Waals surface area contributed by atoms with Gasteiger partial charge in [-0.2, -0.15) is 0 Å². The maximum atomic E-state index is 12.7. The first-order valence-corrected chi connectivity index (χ1v) is 8.87. The lowest BCUT2D eigenvalue weighted by Gasteiger charge is -2.18. The number of hydrogen-bond donors (Lipinski definition) is 5. The van der Waals surface area contributed by atoms with Gasteiger partial charge < -0.3 is 48.6 Å². The van der Waals surface area contributed by atoms with E-state index in [9.17, 15) is 35.1 Å². The molecule has 5 N–H and O–H groups in total. The van der Waals surface area contributed by atoms with Crippen LogP contribution in [0, 0.1) is 0 Å². The molecule has 1 aliphatic heterocycles. The van der Waals surface area contributed by atoms with Crippen LogP contribution in [0.25, 0.3) is 32.7 Å². The number of phenols is 2. The molecule has 162 valence electrons. The number of hydrogen-bond acceptors (Lipinski definition) is 12. The van der Waals surface area contributed by atoms with Crippen LogP contribution in [0.2, 0.25) is 0 Å². The van der Waals surface area contributed by atoms with Gasteiger partial charge >= 0.3 is 11.3 Å². The lowest BCUT2D eigenvalue weighted by molar-refractivity contribution is -0.171. The first kappa shape index (κ1) is 19.4. The molecule has 0 radical (unpaired) electrons. The second-order valence-electron chi connectivity index (χ2n) is 6.93. The number of aromatic hydroxyl groups is 2. The molecule has 0 bridgehead atoms. The predicted octanol–water partition coefficient (Wildman–Crippen LogP) is -0.315. The van der Waals surface area contributed by atoms with Crippen LogP contribution in [0.4, 0.5) is 0 Å². The molecule has 1 aliphatic rings. The van der Waals surface area contributed by atoms with Gasteiger partial charge in [-0.05, 0) is 12.1 Å². The fourth-order valence-electron chi connectivity index (χ4n) is 3.70. The zero-order valence-corrected chi connectivity index (χ0v) is 15.6. The Labute approximate surface area is 170 Å². The van der Waals surface area contributed by atoms with Crippen LogP contribution in [0.3, 0.4) is 0 Å². The zero-order valence-electron chi connectivity index (χ0n) is 15.6. The molecule has 2 aromatic carbocycles. The van der Waals surface area contributed by atoms with Gasteiger partial charge in [-0.25, -0.2) is 9.59 Å². The van der Waals surface area contributed by atoms with Crippen molar-refractivity contribution in [1.29, 1.82) is 0 Å². The summed E-state index contributed by atoms with van der Waals surface area (Å²) in [6.07, 6.45) is -6.67. The van der Waals surface area contributed by atoms with Gasteiger partial charge in [-0.1, -0.05) is 0 Å². The summed E-state index contributed by atoms with van der Waals surface area (Å²) in [4.78, 5) is 25.2. The van der Waals surface area contributed by atoms with Crippen molar-refractivity contribution in [3.05, 3.63) is 33.0 Å². The van der Waals surface area contributed by atoms with Crippen molar-refractivity contribution >= 4 is 32.7 Å². The van der Waals surface area contributed by atoms with Crippen LogP contribution in [-0.4, -0.2) is 57.4 Å². The molecule has 12 nitrogen and oxygen atoms in total. The van der Waals surface area contributed by atoms with E-state index in [4.69, 9.17) is 23.0 Å². The lowest BCUT2D eigenvalue weighted by Crippen LogP contribution is -2.34. The van der Waals surface area contributed by atoms with Crippen molar-refractivity contribution in [3.63, 3.8) is 0 Å². The SMILES string of the molecule is COc1c(O)cc2c(=O)oc3c(O)c(O[C@H]4O[C@@H](O)[C@H](O)[C@H]4O)cc4c(=O)oc1c2c34. The fourth-order valence-corrected chi connectivity index (χ4v) is 3.70. The number of phenolic OH excluding ortho intramolecular Hbond substituents is 2. The average molecular weight is 434 g/mol. The third kappa shape index (κ3) is 2.56. The van der Waals surface area contributed by atoms with Gasteiger partial charge in [-0.3, -0.25) is 0 Å². The van der Waals surface area contributed by atoms with E-state index in [1.165, 1.54) is 7.11 Å². The molecule has 0 saturated carbocycles. The van der Waals surface area contributed by atoms with E-state index in [0.717, 1.165) is 12.1 Å². The normalized spacial score (nSPS) is 23.9. The molecular weight excluding hydrogens is 420 g/mol. The number of rotatable bonds is 3. The third-order valence-electron chi connectivity index (χ3n) is 5.16. The Hall–Kier alpha value is -3.58. The molecule has 0 spiro atoms. The van der Waals surface area contributed by atoms with Crippen LogP contribution in [-0.2, 0) is 4.74 Å². The molecule has 4 aromatic rings. The summed E-state index contributed by atoms with van der Waals surface area (Å²) in [5.41, 5.74) is -2.54. The smallest absolute Gasteiger partial charge is 0.344 e. The number of benzene rings is 2. The number of aliphatic hydroxyl groups is 3. The zero-order chi connectivity index (χ0) is 22.2. The van der Waals surface area contributed by atoms with Gasteiger partial charge in [0.2, 0.25) is 17.8 Å². The van der Waals surface area contributed by atoms with E-state index in [-0.39, 0.29) is 32.9 Å². The number of methoxy groups -OCH3 is 1. The lowest BCUT2D eigenvalue weighted by atomic mass is 10.0. The minimum absolute atomic E-state index is 0.0111. The van der Waals surface area contributed by atoms with Gasteiger partial charge in [-0.15, -0.1) is 0 Å². The Morgan fingerprint density at radius 2 is 1.52 bits per heavy atom. The first-order chi connectivity index (χ1) is 14.7. The summed E-state index contributed by atoms with van der Waals surface area (Å²) >= 11 is 0. The fraction of sp³-hybridized carbons (Fsp3) is 0.263. The molecule has 31 heavy (non-hydrogen) atoms. The molecular formula is C19H14O12. The van der Waals surface area contributed by atoms with Crippen LogP contribution in [0.5, 0.6) is 23.0 Å². The van der Waals surface area contributed by atoms with E-state index in [0.29, 0.717) is 0 Å². The van der Waals surface area contributed by atoms with Crippen molar-refractivity contribution in [2.45, 2.75) is 24.8 Å². The molecule has 4 atom stereocenters. The van der Waals surface area contributed by atoms with Crippen LogP contribution < -0.4 is 20.7 Å². The van der Waals surface area contributed by atoms with E-state index in [1.807, 2.05) is 0 Å².